The topological polar surface area (TPSA) is 106 Å². The third-order valence-electron chi connectivity index (χ3n) is 2.65. The lowest BCUT2D eigenvalue weighted by molar-refractivity contribution is 0.510. The molecule has 5 N–H and O–H groups in total. The van der Waals surface area contributed by atoms with Crippen LogP contribution in [0.25, 0.3) is 22.8 Å². The van der Waals surface area contributed by atoms with E-state index in [0.717, 1.165) is 6.07 Å². The predicted molar refractivity (Wildman–Crippen MR) is 65.0 cm³/mol. The van der Waals surface area contributed by atoms with E-state index in [0.29, 0.717) is 0 Å². The molecule has 0 amide bonds. The fraction of sp³-hybridized carbons (Fsp3) is 0. The molecule has 19 heavy (non-hydrogen) atoms. The molecule has 6 nitrogen and oxygen atoms in total. The number of aromatic nitrogens is 4. The van der Waals surface area contributed by atoms with E-state index in [-0.39, 0.29) is 34.4 Å². The van der Waals surface area contributed by atoms with E-state index in [1.54, 1.807) is 0 Å². The molecule has 0 spiro atoms. The van der Waals surface area contributed by atoms with Crippen molar-refractivity contribution in [3.8, 4) is 22.8 Å². The molecule has 8 heteroatoms. The molecule has 1 aromatic rings. The minimum atomic E-state index is -1.02. The van der Waals surface area contributed by atoms with E-state index < -0.39 is 11.6 Å². The van der Waals surface area contributed by atoms with Gasteiger partial charge < -0.3 is 11.5 Å². The summed E-state index contributed by atoms with van der Waals surface area (Å²) in [5.74, 6) is -1.75. The maximum Gasteiger partial charge on any atom is 0.172 e. The van der Waals surface area contributed by atoms with Crippen LogP contribution in [0.15, 0.2) is 18.2 Å². The van der Waals surface area contributed by atoms with E-state index >= 15 is 0 Å². The van der Waals surface area contributed by atoms with Crippen molar-refractivity contribution in [1.29, 1.82) is 0 Å². The summed E-state index contributed by atoms with van der Waals surface area (Å²) in [7, 11) is 0. The first-order valence-corrected chi connectivity index (χ1v) is 5.29. The van der Waals surface area contributed by atoms with Crippen LogP contribution in [0.4, 0.5) is 20.4 Å². The number of rotatable bonds is 1. The van der Waals surface area contributed by atoms with Gasteiger partial charge in [-0.1, -0.05) is 6.07 Å². The van der Waals surface area contributed by atoms with Crippen molar-refractivity contribution in [3.05, 3.63) is 29.8 Å². The van der Waals surface area contributed by atoms with Crippen molar-refractivity contribution < 1.29 is 8.78 Å². The predicted octanol–water partition coefficient (Wildman–Crippen LogP) is 1.41. The van der Waals surface area contributed by atoms with Gasteiger partial charge in [0.15, 0.2) is 23.3 Å². The van der Waals surface area contributed by atoms with Gasteiger partial charge in [0.1, 0.15) is 17.2 Å². The molecule has 0 saturated carbocycles. The highest BCUT2D eigenvalue weighted by Gasteiger charge is 2.21. The van der Waals surface area contributed by atoms with Gasteiger partial charge >= 0.3 is 0 Å². The number of anilines is 2. The first kappa shape index (κ1) is 11.3. The van der Waals surface area contributed by atoms with Crippen molar-refractivity contribution in [2.75, 3.05) is 11.5 Å². The van der Waals surface area contributed by atoms with E-state index in [1.165, 1.54) is 12.1 Å². The second-order valence-electron chi connectivity index (χ2n) is 3.87. The number of nitrogens with two attached hydrogens (primary N) is 2. The molecule has 1 aromatic carbocycles. The Hall–Kier alpha value is -2.77. The molecule has 2 aliphatic heterocycles. The Morgan fingerprint density at radius 1 is 1.05 bits per heavy atom. The number of H-pyrrole nitrogens is 1. The van der Waals surface area contributed by atoms with Gasteiger partial charge in [-0.2, -0.15) is 5.10 Å². The molecule has 3 rings (SSSR count). The summed E-state index contributed by atoms with van der Waals surface area (Å²) in [6.45, 7) is 0. The second-order valence-corrected chi connectivity index (χ2v) is 3.87. The maximum atomic E-state index is 13.7. The lowest BCUT2D eigenvalue weighted by Gasteiger charge is -2.00. The first-order chi connectivity index (χ1) is 9.08. The molecule has 96 valence electrons. The van der Waals surface area contributed by atoms with Gasteiger partial charge in [0.05, 0.1) is 5.56 Å². The Bertz CT molecular complexity index is 702. The number of hydrogen-bond donors (Lipinski definition) is 3. The van der Waals surface area contributed by atoms with Crippen LogP contribution in [0.3, 0.4) is 0 Å². The highest BCUT2D eigenvalue weighted by atomic mass is 19.2. The number of nitrogen functional groups attached to an aromatic ring is 2. The first-order valence-electron chi connectivity index (χ1n) is 5.29. The van der Waals surface area contributed by atoms with E-state index in [4.69, 9.17) is 11.5 Å². The number of halogens is 2. The number of imidazole rings is 1. The zero-order valence-electron chi connectivity index (χ0n) is 9.48. The zero-order chi connectivity index (χ0) is 13.6. The number of benzene rings is 1. The number of fused-ring (bicyclic) bond motifs is 1. The smallest absolute Gasteiger partial charge is 0.172 e. The van der Waals surface area contributed by atoms with Gasteiger partial charge in [0, 0.05) is 0 Å². The van der Waals surface area contributed by atoms with Gasteiger partial charge in [0.25, 0.3) is 0 Å². The average Bonchev–Trinajstić information content (AvgIpc) is 2.83. The van der Waals surface area contributed by atoms with Gasteiger partial charge in [0.2, 0.25) is 0 Å². The van der Waals surface area contributed by atoms with Crippen LogP contribution >= 0.6 is 0 Å². The Morgan fingerprint density at radius 2 is 1.79 bits per heavy atom. The van der Waals surface area contributed by atoms with Gasteiger partial charge in [-0.15, -0.1) is 0 Å². The largest absolute Gasteiger partial charge is 0.382 e. The molecule has 2 aliphatic rings. The second kappa shape index (κ2) is 3.87. The quantitative estimate of drug-likeness (QED) is 0.614. The van der Waals surface area contributed by atoms with E-state index in [2.05, 4.69) is 20.2 Å². The molecular weight excluding hydrogens is 254 g/mol. The van der Waals surface area contributed by atoms with Crippen LogP contribution in [-0.4, -0.2) is 20.2 Å². The monoisotopic (exact) mass is 262 g/mol. The normalized spacial score (nSPS) is 11.1. The van der Waals surface area contributed by atoms with Crippen LogP contribution in [0.5, 0.6) is 0 Å². The molecule has 0 radical (unpaired) electrons. The van der Waals surface area contributed by atoms with Crippen LogP contribution in [-0.2, 0) is 0 Å². The molecule has 0 unspecified atom stereocenters. The van der Waals surface area contributed by atoms with Crippen LogP contribution < -0.4 is 11.5 Å². The molecule has 0 aliphatic carbocycles. The standard InChI is InChI=1S/C11H8F2N6/c12-5-3-1-2-4(6(5)13)11-16-7-8(17-11)10(15)19-18-9(7)14/h1-3,18H,14H2,(H2,15,19). The van der Waals surface area contributed by atoms with Gasteiger partial charge in [-0.05, 0) is 12.1 Å². The Kier molecular flexibility index (Phi) is 2.31. The Labute approximate surface area is 105 Å². The lowest BCUT2D eigenvalue weighted by atomic mass is 10.2. The molecule has 0 saturated heterocycles. The van der Waals surface area contributed by atoms with Crippen molar-refractivity contribution in [2.45, 2.75) is 0 Å². The average molecular weight is 262 g/mol. The molecule has 0 bridgehead atoms. The Morgan fingerprint density at radius 3 is 2.53 bits per heavy atom. The zero-order valence-corrected chi connectivity index (χ0v) is 9.48. The third-order valence-corrected chi connectivity index (χ3v) is 2.65. The van der Waals surface area contributed by atoms with E-state index in [9.17, 15) is 8.78 Å². The van der Waals surface area contributed by atoms with Crippen molar-refractivity contribution in [3.63, 3.8) is 0 Å². The molecule has 2 heterocycles. The third kappa shape index (κ3) is 1.65. The van der Waals surface area contributed by atoms with Crippen LogP contribution in [0, 0.1) is 11.6 Å². The van der Waals surface area contributed by atoms with Crippen LogP contribution in [0.2, 0.25) is 0 Å². The van der Waals surface area contributed by atoms with Gasteiger partial charge in [-0.3, -0.25) is 5.10 Å². The highest BCUT2D eigenvalue weighted by molar-refractivity contribution is 5.79. The van der Waals surface area contributed by atoms with Crippen LogP contribution in [0.1, 0.15) is 0 Å². The molecule has 0 aromatic heterocycles. The maximum absolute atomic E-state index is 13.7. The summed E-state index contributed by atoms with van der Waals surface area (Å²) in [6, 6.07) is 3.75. The lowest BCUT2D eigenvalue weighted by Crippen LogP contribution is -2.03. The van der Waals surface area contributed by atoms with E-state index in [1.807, 2.05) is 0 Å². The summed E-state index contributed by atoms with van der Waals surface area (Å²) in [5.41, 5.74) is 11.7. The number of nitrogens with one attached hydrogen (secondary N) is 1. The number of hydrogen-bond acceptors (Lipinski definition) is 5. The SMILES string of the molecule is Nc1n[nH]c(N)c2nc(-c3cccc(F)c3F)nc1-2. The minimum absolute atomic E-state index is 0.00630. The fourth-order valence-electron chi connectivity index (χ4n) is 1.73. The summed E-state index contributed by atoms with van der Waals surface area (Å²) in [4.78, 5) is 8.09. The molecule has 0 fully saturated rings. The summed E-state index contributed by atoms with van der Waals surface area (Å²) in [6.07, 6.45) is 0. The Balaban J connectivity index is 2.27. The number of nitrogens with zero attached hydrogens (tertiary/aromatic N) is 3. The molecular formula is C11H8F2N6. The summed E-state index contributed by atoms with van der Waals surface area (Å²) >= 11 is 0. The van der Waals surface area contributed by atoms with Crippen molar-refractivity contribution in [2.24, 2.45) is 0 Å². The van der Waals surface area contributed by atoms with Crippen molar-refractivity contribution >= 4 is 11.6 Å². The minimum Gasteiger partial charge on any atom is -0.382 e. The fourth-order valence-corrected chi connectivity index (χ4v) is 1.73. The van der Waals surface area contributed by atoms with Crippen molar-refractivity contribution in [1.82, 2.24) is 20.2 Å². The molecule has 0 atom stereocenters. The highest BCUT2D eigenvalue weighted by Crippen LogP contribution is 2.32. The summed E-state index contributed by atoms with van der Waals surface area (Å²) in [5, 5.41) is 6.18. The summed E-state index contributed by atoms with van der Waals surface area (Å²) < 4.78 is 26.9. The van der Waals surface area contributed by atoms with Gasteiger partial charge in [-0.25, -0.2) is 18.7 Å². The number of aromatic amines is 1.